The number of anilines is 1. The molecule has 5 aliphatic rings. The third-order valence-corrected chi connectivity index (χ3v) is 13.2. The maximum absolute atomic E-state index is 14.3. The lowest BCUT2D eigenvalue weighted by molar-refractivity contribution is -0.00645. The second-order valence-electron chi connectivity index (χ2n) is 14.8. The first-order chi connectivity index (χ1) is 23.0. The Morgan fingerprint density at radius 2 is 2.00 bits per heavy atom. The topological polar surface area (TPSA) is 121 Å². The van der Waals surface area contributed by atoms with Crippen LogP contribution in [0, 0.1) is 24.7 Å². The number of benzene rings is 2. The van der Waals surface area contributed by atoms with Crippen molar-refractivity contribution in [3.05, 3.63) is 70.8 Å². The number of nitrogens with one attached hydrogen (secondary N) is 1. The molecule has 2 N–H and O–H groups in total. The Hall–Kier alpha value is -3.41. The molecule has 7 rings (SSSR count). The molecule has 0 aromatic heterocycles. The van der Waals surface area contributed by atoms with Gasteiger partial charge in [0.15, 0.2) is 0 Å². The summed E-state index contributed by atoms with van der Waals surface area (Å²) < 4.78 is 33.1. The lowest BCUT2D eigenvalue weighted by Crippen LogP contribution is -2.58. The minimum absolute atomic E-state index is 0.0000945. The molecule has 1 saturated carbocycles. The number of nitrogens with zero attached hydrogens (tertiary/aromatic N) is 3. The molecule has 2 fully saturated rings. The number of hydrogen-bond acceptors (Lipinski definition) is 7. The van der Waals surface area contributed by atoms with Crippen LogP contribution in [0.5, 0.6) is 5.75 Å². The smallest absolute Gasteiger partial charge is 0.330 e. The summed E-state index contributed by atoms with van der Waals surface area (Å²) in [5, 5.41) is 11.3. The van der Waals surface area contributed by atoms with Crippen molar-refractivity contribution in [3.63, 3.8) is 0 Å². The fourth-order valence-corrected chi connectivity index (χ4v) is 10.1. The van der Waals surface area contributed by atoms with Crippen molar-refractivity contribution in [1.29, 1.82) is 0 Å². The lowest BCUT2D eigenvalue weighted by Gasteiger charge is -2.45. The number of amides is 3. The summed E-state index contributed by atoms with van der Waals surface area (Å²) in [7, 11) is -1.89. The maximum Gasteiger partial charge on any atom is 0.330 e. The molecule has 3 aliphatic heterocycles. The average Bonchev–Trinajstić information content (AvgIpc) is 3.14. The van der Waals surface area contributed by atoms with Crippen LogP contribution in [-0.2, 0) is 26.5 Å². The highest BCUT2D eigenvalue weighted by Crippen LogP contribution is 2.46. The third kappa shape index (κ3) is 6.48. The first kappa shape index (κ1) is 33.1. The predicted octanol–water partition coefficient (Wildman–Crippen LogP) is 5.01. The number of methoxy groups -OCH3 is 1. The summed E-state index contributed by atoms with van der Waals surface area (Å²) >= 11 is 0. The Labute approximate surface area is 284 Å². The molecule has 2 bridgehead atoms. The number of carbonyl (C=O) groups is 2. The minimum Gasteiger partial charge on any atom is -0.490 e. The van der Waals surface area contributed by atoms with Crippen LogP contribution in [0.4, 0.5) is 10.5 Å². The van der Waals surface area contributed by atoms with E-state index in [0.717, 1.165) is 50.9 Å². The monoisotopic (exact) mass is 676 g/mol. The summed E-state index contributed by atoms with van der Waals surface area (Å²) in [4.78, 5) is 30.8. The van der Waals surface area contributed by atoms with Crippen LogP contribution in [0.1, 0.15) is 66.1 Å². The zero-order valence-electron chi connectivity index (χ0n) is 28.2. The highest BCUT2D eigenvalue weighted by Gasteiger charge is 2.44. The van der Waals surface area contributed by atoms with E-state index in [-0.39, 0.29) is 35.0 Å². The van der Waals surface area contributed by atoms with Crippen LogP contribution in [-0.4, -0.2) is 84.0 Å². The van der Waals surface area contributed by atoms with Crippen molar-refractivity contribution in [2.45, 2.75) is 70.0 Å². The van der Waals surface area contributed by atoms with E-state index < -0.39 is 28.0 Å². The number of aliphatic hydroxyl groups excluding tert-OH is 1. The van der Waals surface area contributed by atoms with Gasteiger partial charge in [-0.05, 0) is 92.5 Å². The fraction of sp³-hybridized carbons (Fsp3) is 0.568. The van der Waals surface area contributed by atoms with E-state index in [2.05, 4.69) is 39.1 Å². The van der Waals surface area contributed by atoms with Gasteiger partial charge in [0, 0.05) is 31.2 Å². The molecule has 10 nitrogen and oxygen atoms in total. The van der Waals surface area contributed by atoms with Gasteiger partial charge in [0.05, 0.1) is 43.3 Å². The molecule has 2 aromatic rings. The summed E-state index contributed by atoms with van der Waals surface area (Å²) in [6.07, 6.45) is 8.79. The first-order valence-electron chi connectivity index (χ1n) is 17.4. The van der Waals surface area contributed by atoms with Gasteiger partial charge in [0.25, 0.3) is 5.91 Å². The van der Waals surface area contributed by atoms with E-state index in [4.69, 9.17) is 9.47 Å². The molecule has 11 heteroatoms. The molecule has 2 aliphatic carbocycles. The van der Waals surface area contributed by atoms with Crippen LogP contribution in [0.25, 0.3) is 0 Å². The molecular weight excluding hydrogens is 628 g/mol. The Morgan fingerprint density at radius 1 is 1.17 bits per heavy atom. The third-order valence-electron chi connectivity index (χ3n) is 11.2. The standard InChI is InChI=1S/C37H48N4O6S/c1-24-9-13-31-26(16-24)7-5-15-37(31)22-41-18-28-10-12-30(28)33(42)8-4-6-25(2)21-48(45,39-36(44)40-19-29(20-40)46-3)38-35(43)27-11-14-34(47-23-37)32(41)17-27/h4,8-9,11,13-14,16-17,25,28-30,33,42H,5-7,10,12,15,18-23H2,1-3H3,(H,38,39,43,44,45)/b8-4+/t25-,28-,30+,33-,37-,48?/m0/s1. The number of rotatable bonds is 2. The Kier molecular flexibility index (Phi) is 9.06. The second-order valence-corrected chi connectivity index (χ2v) is 16.8. The summed E-state index contributed by atoms with van der Waals surface area (Å²) in [5.41, 5.74) is 4.86. The molecule has 258 valence electrons. The molecule has 6 atom stereocenters. The zero-order chi connectivity index (χ0) is 33.6. The molecule has 0 radical (unpaired) electrons. The number of aryl methyl sites for hydroxylation is 2. The van der Waals surface area contributed by atoms with Crippen molar-refractivity contribution >= 4 is 27.5 Å². The van der Waals surface area contributed by atoms with E-state index in [1.807, 2.05) is 31.2 Å². The van der Waals surface area contributed by atoms with Gasteiger partial charge in [-0.3, -0.25) is 9.52 Å². The van der Waals surface area contributed by atoms with E-state index in [0.29, 0.717) is 37.4 Å². The van der Waals surface area contributed by atoms with Gasteiger partial charge < -0.3 is 24.4 Å². The van der Waals surface area contributed by atoms with Crippen LogP contribution >= 0.6 is 0 Å². The van der Waals surface area contributed by atoms with Crippen molar-refractivity contribution < 1.29 is 28.4 Å². The normalized spacial score (nSPS) is 32.8. The molecule has 2 aromatic carbocycles. The van der Waals surface area contributed by atoms with Crippen LogP contribution in [0.2, 0.25) is 0 Å². The largest absolute Gasteiger partial charge is 0.490 e. The predicted molar refractivity (Wildman–Crippen MR) is 186 cm³/mol. The van der Waals surface area contributed by atoms with Crippen molar-refractivity contribution in [1.82, 2.24) is 9.62 Å². The minimum atomic E-state index is -3.48. The number of aliphatic hydroxyl groups is 1. The molecular formula is C37H48N4O6S. The molecule has 1 unspecified atom stereocenters. The van der Waals surface area contributed by atoms with Gasteiger partial charge in [-0.1, -0.05) is 42.8 Å². The Morgan fingerprint density at radius 3 is 2.77 bits per heavy atom. The fourth-order valence-electron chi connectivity index (χ4n) is 8.25. The number of allylic oxidation sites excluding steroid dienone is 1. The van der Waals surface area contributed by atoms with Gasteiger partial charge in [-0.25, -0.2) is 9.00 Å². The number of fused-ring (bicyclic) bond motifs is 4. The van der Waals surface area contributed by atoms with E-state index >= 15 is 0 Å². The molecule has 1 spiro atoms. The Bertz CT molecular complexity index is 1730. The van der Waals surface area contributed by atoms with Gasteiger partial charge in [-0.2, -0.15) is 0 Å². The Balaban J connectivity index is 1.27. The van der Waals surface area contributed by atoms with E-state index in [1.165, 1.54) is 21.6 Å². The van der Waals surface area contributed by atoms with Gasteiger partial charge in [0.2, 0.25) is 0 Å². The number of urea groups is 1. The number of hydrogen-bond donors (Lipinski definition) is 2. The van der Waals surface area contributed by atoms with Gasteiger partial charge in [0.1, 0.15) is 15.7 Å². The average molecular weight is 677 g/mol. The molecule has 1 saturated heterocycles. The number of carbonyl (C=O) groups excluding carboxylic acids is 2. The summed E-state index contributed by atoms with van der Waals surface area (Å²) in [5.74, 6) is 0.320. The second kappa shape index (κ2) is 13.1. The molecule has 3 heterocycles. The van der Waals surface area contributed by atoms with Gasteiger partial charge in [-0.15, -0.1) is 4.36 Å². The van der Waals surface area contributed by atoms with Gasteiger partial charge >= 0.3 is 6.03 Å². The van der Waals surface area contributed by atoms with Crippen LogP contribution in [0.3, 0.4) is 0 Å². The van der Waals surface area contributed by atoms with Crippen molar-refractivity contribution in [2.24, 2.45) is 22.1 Å². The number of likely N-dealkylation sites (tertiary alicyclic amines) is 1. The molecule has 48 heavy (non-hydrogen) atoms. The molecule has 3 amide bonds. The number of ether oxygens (including phenoxy) is 2. The SMILES string of the molecule is COC1CN(C(=O)NS2(=O)=NC(=O)c3ccc4c(c3)N(C[C@@H]3CC[C@H]3[C@@H](O)/C=C/C[C@H](C)C2)C[C@@]2(CCCc3cc(C)ccc32)CO4)C1. The lowest BCUT2D eigenvalue weighted by atomic mass is 9.68. The van der Waals surface area contributed by atoms with Crippen molar-refractivity contribution in [2.75, 3.05) is 50.5 Å². The van der Waals surface area contributed by atoms with E-state index in [1.54, 1.807) is 13.2 Å². The highest BCUT2D eigenvalue weighted by atomic mass is 32.2. The maximum atomic E-state index is 14.3. The summed E-state index contributed by atoms with van der Waals surface area (Å²) in [6.45, 7) is 6.81. The van der Waals surface area contributed by atoms with Crippen LogP contribution < -0.4 is 14.4 Å². The van der Waals surface area contributed by atoms with E-state index in [9.17, 15) is 18.9 Å². The van der Waals surface area contributed by atoms with Crippen molar-refractivity contribution in [3.8, 4) is 5.75 Å². The van der Waals surface area contributed by atoms with Crippen LogP contribution in [0.15, 0.2) is 52.9 Å². The highest BCUT2D eigenvalue weighted by molar-refractivity contribution is 7.92. The first-order valence-corrected chi connectivity index (χ1v) is 19.1. The quantitative estimate of drug-likeness (QED) is 0.429. The zero-order valence-corrected chi connectivity index (χ0v) is 29.0. The summed E-state index contributed by atoms with van der Waals surface area (Å²) in [6, 6.07) is 11.6.